The van der Waals surface area contributed by atoms with E-state index in [0.717, 1.165) is 5.56 Å². The van der Waals surface area contributed by atoms with Crippen LogP contribution in [0.1, 0.15) is 16.7 Å². The van der Waals surface area contributed by atoms with Crippen molar-refractivity contribution in [2.45, 2.75) is 6.92 Å². The van der Waals surface area contributed by atoms with Gasteiger partial charge in [0.05, 0.1) is 11.3 Å². The Bertz CT molecular complexity index is 639. The van der Waals surface area contributed by atoms with Crippen molar-refractivity contribution in [3.63, 3.8) is 0 Å². The third-order valence-corrected chi connectivity index (χ3v) is 2.64. The number of phenolic OH excluding ortho intramolecular Hbond substituents is 1. The highest BCUT2D eigenvalue weighted by Gasteiger charge is 2.01. The molecule has 0 atom stereocenters. The molecule has 0 spiro atoms. The molecule has 2 aromatic carbocycles. The van der Waals surface area contributed by atoms with Gasteiger partial charge in [0.15, 0.2) is 0 Å². The van der Waals surface area contributed by atoms with E-state index < -0.39 is 0 Å². The number of hydrogen-bond acceptors (Lipinski definition) is 3. The van der Waals surface area contributed by atoms with Crippen LogP contribution < -0.4 is 0 Å². The van der Waals surface area contributed by atoms with E-state index >= 15 is 0 Å². The van der Waals surface area contributed by atoms with Gasteiger partial charge in [-0.1, -0.05) is 24.3 Å². The standard InChI is InChI=1S/C15H12N2O/c1-11-5-4-7-13(15(11)18)10-17-14-8-3-2-6-12(14)9-16/h2-8,10,18H,1H3. The van der Waals surface area contributed by atoms with Gasteiger partial charge < -0.3 is 5.11 Å². The summed E-state index contributed by atoms with van der Waals surface area (Å²) >= 11 is 0. The summed E-state index contributed by atoms with van der Waals surface area (Å²) in [7, 11) is 0. The Labute approximate surface area is 106 Å². The zero-order valence-electron chi connectivity index (χ0n) is 9.96. The number of aromatic hydroxyl groups is 1. The molecule has 0 saturated heterocycles. The summed E-state index contributed by atoms with van der Waals surface area (Å²) in [6.45, 7) is 1.83. The van der Waals surface area contributed by atoms with Gasteiger partial charge in [0.2, 0.25) is 0 Å². The van der Waals surface area contributed by atoms with Crippen LogP contribution in [0.5, 0.6) is 5.75 Å². The second kappa shape index (κ2) is 5.15. The van der Waals surface area contributed by atoms with E-state index in [-0.39, 0.29) is 5.75 Å². The van der Waals surface area contributed by atoms with Crippen LogP contribution in [0.3, 0.4) is 0 Å². The molecule has 2 aromatic rings. The van der Waals surface area contributed by atoms with Crippen molar-refractivity contribution in [2.24, 2.45) is 4.99 Å². The zero-order valence-corrected chi connectivity index (χ0v) is 9.96. The summed E-state index contributed by atoms with van der Waals surface area (Å²) in [6.07, 6.45) is 1.57. The van der Waals surface area contributed by atoms with Crippen molar-refractivity contribution < 1.29 is 5.11 Å². The van der Waals surface area contributed by atoms with Gasteiger partial charge in [-0.2, -0.15) is 5.26 Å². The highest BCUT2D eigenvalue weighted by molar-refractivity contribution is 5.86. The lowest BCUT2D eigenvalue weighted by Gasteiger charge is -2.02. The van der Waals surface area contributed by atoms with Gasteiger partial charge in [0.25, 0.3) is 0 Å². The first-order chi connectivity index (χ1) is 8.72. The summed E-state index contributed by atoms with van der Waals surface area (Å²) in [5, 5.41) is 18.8. The van der Waals surface area contributed by atoms with Crippen LogP contribution in [0.15, 0.2) is 47.5 Å². The van der Waals surface area contributed by atoms with Crippen LogP contribution in [0, 0.1) is 18.3 Å². The maximum absolute atomic E-state index is 9.85. The van der Waals surface area contributed by atoms with Gasteiger partial charge in [0, 0.05) is 11.8 Å². The number of para-hydroxylation sites is 2. The molecule has 0 unspecified atom stereocenters. The van der Waals surface area contributed by atoms with Crippen LogP contribution in [0.2, 0.25) is 0 Å². The smallest absolute Gasteiger partial charge is 0.127 e. The fourth-order valence-electron chi connectivity index (χ4n) is 1.61. The Balaban J connectivity index is 2.37. The molecule has 88 valence electrons. The largest absolute Gasteiger partial charge is 0.507 e. The Morgan fingerprint density at radius 2 is 1.94 bits per heavy atom. The van der Waals surface area contributed by atoms with Gasteiger partial charge in [-0.15, -0.1) is 0 Å². The molecule has 0 heterocycles. The van der Waals surface area contributed by atoms with Crippen molar-refractivity contribution in [2.75, 3.05) is 0 Å². The maximum Gasteiger partial charge on any atom is 0.127 e. The van der Waals surface area contributed by atoms with E-state index in [4.69, 9.17) is 5.26 Å². The predicted molar refractivity (Wildman–Crippen MR) is 71.3 cm³/mol. The van der Waals surface area contributed by atoms with Gasteiger partial charge in [-0.05, 0) is 30.7 Å². The molecule has 0 bridgehead atoms. The molecule has 0 amide bonds. The van der Waals surface area contributed by atoms with E-state index in [9.17, 15) is 5.11 Å². The fraction of sp³-hybridized carbons (Fsp3) is 0.0667. The number of rotatable bonds is 2. The minimum atomic E-state index is 0.218. The number of aliphatic imine (C=N–C) groups is 1. The third-order valence-electron chi connectivity index (χ3n) is 2.64. The van der Waals surface area contributed by atoms with Crippen molar-refractivity contribution in [3.8, 4) is 11.8 Å². The van der Waals surface area contributed by atoms with E-state index in [0.29, 0.717) is 16.8 Å². The number of nitrogens with zero attached hydrogens (tertiary/aromatic N) is 2. The molecule has 0 fully saturated rings. The lowest BCUT2D eigenvalue weighted by Crippen LogP contribution is -1.85. The molecule has 1 N–H and O–H groups in total. The molecule has 0 radical (unpaired) electrons. The maximum atomic E-state index is 9.85. The minimum absolute atomic E-state index is 0.218. The molecule has 18 heavy (non-hydrogen) atoms. The molecule has 2 rings (SSSR count). The molecular weight excluding hydrogens is 224 g/mol. The van der Waals surface area contributed by atoms with Crippen molar-refractivity contribution in [1.82, 2.24) is 0 Å². The van der Waals surface area contributed by atoms with Crippen molar-refractivity contribution in [1.29, 1.82) is 5.26 Å². The van der Waals surface area contributed by atoms with Gasteiger partial charge in [0.1, 0.15) is 11.8 Å². The minimum Gasteiger partial charge on any atom is -0.507 e. The number of nitriles is 1. The van der Waals surface area contributed by atoms with Crippen LogP contribution in [-0.2, 0) is 0 Å². The summed E-state index contributed by atoms with van der Waals surface area (Å²) in [5.41, 5.74) is 2.55. The number of hydrogen-bond donors (Lipinski definition) is 1. The molecule has 0 aliphatic carbocycles. The lowest BCUT2D eigenvalue weighted by atomic mass is 10.1. The van der Waals surface area contributed by atoms with Gasteiger partial charge >= 0.3 is 0 Å². The molecule has 0 aliphatic heterocycles. The van der Waals surface area contributed by atoms with E-state index in [1.165, 1.54) is 0 Å². The van der Waals surface area contributed by atoms with Crippen molar-refractivity contribution >= 4 is 11.9 Å². The lowest BCUT2D eigenvalue weighted by molar-refractivity contribution is 0.470. The Morgan fingerprint density at radius 1 is 1.17 bits per heavy atom. The number of phenols is 1. The van der Waals surface area contributed by atoms with Gasteiger partial charge in [-0.25, -0.2) is 0 Å². The Morgan fingerprint density at radius 3 is 2.72 bits per heavy atom. The first-order valence-electron chi connectivity index (χ1n) is 5.54. The highest BCUT2D eigenvalue weighted by Crippen LogP contribution is 2.22. The summed E-state index contributed by atoms with van der Waals surface area (Å²) in [4.78, 5) is 4.24. The van der Waals surface area contributed by atoms with E-state index in [2.05, 4.69) is 11.1 Å². The predicted octanol–water partition coefficient (Wildman–Crippen LogP) is 3.32. The first-order valence-corrected chi connectivity index (χ1v) is 5.54. The van der Waals surface area contributed by atoms with Crippen LogP contribution >= 0.6 is 0 Å². The van der Waals surface area contributed by atoms with E-state index in [1.807, 2.05) is 25.1 Å². The zero-order chi connectivity index (χ0) is 13.0. The average Bonchev–Trinajstić information content (AvgIpc) is 2.41. The second-order valence-electron chi connectivity index (χ2n) is 3.90. The highest BCUT2D eigenvalue weighted by atomic mass is 16.3. The fourth-order valence-corrected chi connectivity index (χ4v) is 1.61. The van der Waals surface area contributed by atoms with Crippen molar-refractivity contribution in [3.05, 3.63) is 59.2 Å². The van der Waals surface area contributed by atoms with E-state index in [1.54, 1.807) is 30.5 Å². The third kappa shape index (κ3) is 2.38. The second-order valence-corrected chi connectivity index (χ2v) is 3.90. The Kier molecular flexibility index (Phi) is 3.40. The molecule has 0 aromatic heterocycles. The quantitative estimate of drug-likeness (QED) is 0.813. The molecule has 3 heteroatoms. The first kappa shape index (κ1) is 11.9. The normalized spacial score (nSPS) is 10.4. The van der Waals surface area contributed by atoms with Gasteiger partial charge in [-0.3, -0.25) is 4.99 Å². The average molecular weight is 236 g/mol. The van der Waals surface area contributed by atoms with Crippen LogP contribution in [-0.4, -0.2) is 11.3 Å². The SMILES string of the molecule is Cc1cccc(C=Nc2ccccc2C#N)c1O. The summed E-state index contributed by atoms with van der Waals surface area (Å²) < 4.78 is 0. The topological polar surface area (TPSA) is 56.4 Å². The number of benzene rings is 2. The summed E-state index contributed by atoms with van der Waals surface area (Å²) in [6, 6.07) is 14.6. The molecule has 0 saturated carbocycles. The molecule has 3 nitrogen and oxygen atoms in total. The molecule has 0 aliphatic rings. The number of aryl methyl sites for hydroxylation is 1. The monoisotopic (exact) mass is 236 g/mol. The summed E-state index contributed by atoms with van der Waals surface area (Å²) in [5.74, 6) is 0.218. The van der Waals surface area contributed by atoms with Crippen LogP contribution in [0.4, 0.5) is 5.69 Å². The van der Waals surface area contributed by atoms with Crippen LogP contribution in [0.25, 0.3) is 0 Å². The molecular formula is C15H12N2O. The Hall–Kier alpha value is -2.60.